The van der Waals surface area contributed by atoms with Gasteiger partial charge in [0, 0.05) is 24.8 Å². The Morgan fingerprint density at radius 3 is 2.38 bits per heavy atom. The Balaban J connectivity index is 1.45. The van der Waals surface area contributed by atoms with E-state index in [1.54, 1.807) is 4.90 Å². The van der Waals surface area contributed by atoms with Crippen LogP contribution in [0.3, 0.4) is 0 Å². The second kappa shape index (κ2) is 8.50. The highest BCUT2D eigenvalue weighted by atomic mass is 19.4. The van der Waals surface area contributed by atoms with Crippen LogP contribution in [0.15, 0.2) is 36.5 Å². The van der Waals surface area contributed by atoms with Crippen LogP contribution in [0.4, 0.5) is 18.0 Å². The molecule has 2 fully saturated rings. The van der Waals surface area contributed by atoms with Crippen LogP contribution >= 0.6 is 0 Å². The van der Waals surface area contributed by atoms with Gasteiger partial charge in [-0.2, -0.15) is 0 Å². The fourth-order valence-corrected chi connectivity index (χ4v) is 4.03. The molecule has 2 N–H and O–H groups in total. The minimum absolute atomic E-state index is 0.144. The molecule has 1 aromatic heterocycles. The Hall–Kier alpha value is -3.83. The number of halogens is 3. The number of imide groups is 1. The number of carbonyl (C=O) groups is 4. The van der Waals surface area contributed by atoms with E-state index in [0.29, 0.717) is 13.1 Å². The average molecular weight is 478 g/mol. The summed E-state index contributed by atoms with van der Waals surface area (Å²) >= 11 is 0. The van der Waals surface area contributed by atoms with Crippen molar-refractivity contribution in [3.63, 3.8) is 0 Å². The Kier molecular flexibility index (Phi) is 5.84. The number of Topliss-reactive ketones (excluding diaryl/α,β-unsaturated/α-hetero) is 1. The van der Waals surface area contributed by atoms with Crippen molar-refractivity contribution in [2.45, 2.75) is 31.7 Å². The second-order valence-corrected chi connectivity index (χ2v) is 8.24. The van der Waals surface area contributed by atoms with Gasteiger partial charge in [0.05, 0.1) is 6.54 Å². The number of rotatable bonds is 6. The largest absolute Gasteiger partial charge is 0.573 e. The first-order valence-corrected chi connectivity index (χ1v) is 10.5. The van der Waals surface area contributed by atoms with Gasteiger partial charge in [-0.15, -0.1) is 13.2 Å². The van der Waals surface area contributed by atoms with Crippen molar-refractivity contribution in [2.75, 3.05) is 19.6 Å². The summed E-state index contributed by atoms with van der Waals surface area (Å²) in [6.45, 7) is 2.11. The summed E-state index contributed by atoms with van der Waals surface area (Å²) in [5.41, 5.74) is -0.974. The number of nitrogens with zero attached hydrogens (tertiary/aromatic N) is 2. The number of ketones is 1. The molecule has 2 aliphatic rings. The van der Waals surface area contributed by atoms with Crippen molar-refractivity contribution >= 4 is 23.6 Å². The molecule has 0 saturated carbocycles. The SMILES string of the molecule is CC1(c2ccc(OC(F)(F)F)cc2)NC(=O)N(CC(=O)c2c[nH]c(C(=O)N3CCCC3)c2)C1=O. The van der Waals surface area contributed by atoms with Gasteiger partial charge in [-0.1, -0.05) is 12.1 Å². The first-order chi connectivity index (χ1) is 16.0. The number of H-pyrrole nitrogens is 1. The first kappa shape index (κ1) is 23.3. The van der Waals surface area contributed by atoms with Gasteiger partial charge in [0.1, 0.15) is 17.0 Å². The maximum Gasteiger partial charge on any atom is 0.573 e. The molecule has 9 nitrogen and oxygen atoms in total. The quantitative estimate of drug-likeness (QED) is 0.490. The van der Waals surface area contributed by atoms with Gasteiger partial charge in [0.15, 0.2) is 5.78 Å². The summed E-state index contributed by atoms with van der Waals surface area (Å²) in [6, 6.07) is 5.08. The fourth-order valence-electron chi connectivity index (χ4n) is 4.03. The van der Waals surface area contributed by atoms with E-state index in [0.717, 1.165) is 29.9 Å². The zero-order valence-electron chi connectivity index (χ0n) is 18.1. The van der Waals surface area contributed by atoms with Crippen molar-refractivity contribution in [3.8, 4) is 5.75 Å². The van der Waals surface area contributed by atoms with Gasteiger partial charge in [-0.05, 0) is 43.5 Å². The third-order valence-corrected chi connectivity index (χ3v) is 5.87. The van der Waals surface area contributed by atoms with Gasteiger partial charge < -0.3 is 19.9 Å². The van der Waals surface area contributed by atoms with Crippen LogP contribution in [0.1, 0.15) is 46.2 Å². The lowest BCUT2D eigenvalue weighted by Gasteiger charge is -2.22. The van der Waals surface area contributed by atoms with Crippen LogP contribution in [0.25, 0.3) is 0 Å². The molecule has 2 aliphatic heterocycles. The topological polar surface area (TPSA) is 112 Å². The highest BCUT2D eigenvalue weighted by molar-refractivity contribution is 6.11. The Bertz CT molecular complexity index is 1140. The molecule has 0 radical (unpaired) electrons. The van der Waals surface area contributed by atoms with E-state index in [-0.39, 0.29) is 22.7 Å². The number of carbonyl (C=O) groups excluding carboxylic acids is 4. The lowest BCUT2D eigenvalue weighted by atomic mass is 9.92. The van der Waals surface area contributed by atoms with Crippen LogP contribution in [-0.2, 0) is 10.3 Å². The van der Waals surface area contributed by atoms with Crippen molar-refractivity contribution in [1.82, 2.24) is 20.1 Å². The third kappa shape index (κ3) is 4.47. The number of likely N-dealkylation sites (tertiary alicyclic amines) is 1. The first-order valence-electron chi connectivity index (χ1n) is 10.5. The third-order valence-electron chi connectivity index (χ3n) is 5.87. The van der Waals surface area contributed by atoms with Crippen molar-refractivity contribution in [2.24, 2.45) is 0 Å². The van der Waals surface area contributed by atoms with Crippen molar-refractivity contribution in [1.29, 1.82) is 0 Å². The smallest absolute Gasteiger partial charge is 0.406 e. The lowest BCUT2D eigenvalue weighted by molar-refractivity contribution is -0.274. The molecule has 34 heavy (non-hydrogen) atoms. The Morgan fingerprint density at radius 2 is 1.76 bits per heavy atom. The van der Waals surface area contributed by atoms with E-state index in [2.05, 4.69) is 15.0 Å². The molecule has 1 unspecified atom stereocenters. The molecule has 3 heterocycles. The van der Waals surface area contributed by atoms with Gasteiger partial charge in [-0.25, -0.2) is 4.79 Å². The van der Waals surface area contributed by atoms with Crippen LogP contribution < -0.4 is 10.1 Å². The number of aromatic amines is 1. The molecular weight excluding hydrogens is 457 g/mol. The number of nitrogens with one attached hydrogen (secondary N) is 2. The number of benzene rings is 1. The molecule has 4 rings (SSSR count). The number of ether oxygens (including phenoxy) is 1. The number of hydrogen-bond donors (Lipinski definition) is 2. The molecule has 12 heteroatoms. The summed E-state index contributed by atoms with van der Waals surface area (Å²) in [5, 5.41) is 2.49. The van der Waals surface area contributed by atoms with Crippen LogP contribution in [-0.4, -0.2) is 64.4 Å². The number of hydrogen-bond acceptors (Lipinski definition) is 5. The molecular formula is C22H21F3N4O5. The summed E-state index contributed by atoms with van der Waals surface area (Å²) in [4.78, 5) is 55.9. The predicted octanol–water partition coefficient (Wildman–Crippen LogP) is 2.80. The van der Waals surface area contributed by atoms with Crippen molar-refractivity contribution < 1.29 is 37.1 Å². The number of urea groups is 1. The second-order valence-electron chi connectivity index (χ2n) is 8.24. The maximum absolute atomic E-state index is 13.0. The molecule has 1 aromatic carbocycles. The normalized spacial score (nSPS) is 20.6. The standard InChI is InChI=1S/C22H21F3N4O5/c1-21(14-4-6-15(7-5-14)34-22(23,24)25)19(32)29(20(33)27-21)12-17(30)13-10-16(26-11-13)18(31)28-8-2-3-9-28/h4-7,10-11,26H,2-3,8-9,12H2,1H3,(H,27,33). The number of amides is 4. The lowest BCUT2D eigenvalue weighted by Crippen LogP contribution is -2.41. The molecule has 4 amide bonds. The van der Waals surface area contributed by atoms with E-state index < -0.39 is 41.9 Å². The molecule has 1 atom stereocenters. The van der Waals surface area contributed by atoms with Crippen LogP contribution in [0, 0.1) is 0 Å². The summed E-state index contributed by atoms with van der Waals surface area (Å²) in [5.74, 6) is -2.00. The van der Waals surface area contributed by atoms with E-state index in [9.17, 15) is 32.3 Å². The maximum atomic E-state index is 13.0. The van der Waals surface area contributed by atoms with Gasteiger partial charge in [-0.3, -0.25) is 19.3 Å². The fraction of sp³-hybridized carbons (Fsp3) is 0.364. The van der Waals surface area contributed by atoms with Gasteiger partial charge in [0.25, 0.3) is 11.8 Å². The highest BCUT2D eigenvalue weighted by Gasteiger charge is 2.49. The van der Waals surface area contributed by atoms with E-state index >= 15 is 0 Å². The monoisotopic (exact) mass is 478 g/mol. The van der Waals surface area contributed by atoms with Gasteiger partial charge in [0.2, 0.25) is 0 Å². The predicted molar refractivity (Wildman–Crippen MR) is 111 cm³/mol. The minimum Gasteiger partial charge on any atom is -0.406 e. The average Bonchev–Trinajstić information content (AvgIpc) is 3.51. The molecule has 2 saturated heterocycles. The van der Waals surface area contributed by atoms with Crippen molar-refractivity contribution in [3.05, 3.63) is 53.3 Å². The molecule has 0 aliphatic carbocycles. The molecule has 0 bridgehead atoms. The Morgan fingerprint density at radius 1 is 1.12 bits per heavy atom. The summed E-state index contributed by atoms with van der Waals surface area (Å²) in [7, 11) is 0. The zero-order chi connectivity index (χ0) is 24.7. The van der Waals surface area contributed by atoms with E-state index in [4.69, 9.17) is 0 Å². The zero-order valence-corrected chi connectivity index (χ0v) is 18.1. The molecule has 0 spiro atoms. The number of aromatic nitrogens is 1. The van der Waals surface area contributed by atoms with Crippen LogP contribution in [0.2, 0.25) is 0 Å². The van der Waals surface area contributed by atoms with E-state index in [1.807, 2.05) is 0 Å². The number of alkyl halides is 3. The Labute approximate surface area is 191 Å². The summed E-state index contributed by atoms with van der Waals surface area (Å²) in [6.07, 6.45) is -1.68. The molecule has 180 valence electrons. The van der Waals surface area contributed by atoms with Gasteiger partial charge >= 0.3 is 12.4 Å². The summed E-state index contributed by atoms with van der Waals surface area (Å²) < 4.78 is 40.9. The molecule has 2 aromatic rings. The highest BCUT2D eigenvalue weighted by Crippen LogP contribution is 2.31. The minimum atomic E-state index is -4.86. The van der Waals surface area contributed by atoms with Crippen LogP contribution in [0.5, 0.6) is 5.75 Å². The van der Waals surface area contributed by atoms with E-state index in [1.165, 1.54) is 31.3 Å².